The molecular formula is C17H30BrNS. The zero-order chi connectivity index (χ0) is 14.6. The first-order valence-electron chi connectivity index (χ1n) is 8.18. The minimum absolute atomic E-state index is 0.514. The molecule has 0 amide bonds. The van der Waals surface area contributed by atoms with Gasteiger partial charge in [0.1, 0.15) is 0 Å². The van der Waals surface area contributed by atoms with Crippen LogP contribution in [-0.4, -0.2) is 7.05 Å². The monoisotopic (exact) mass is 359 g/mol. The van der Waals surface area contributed by atoms with Crippen LogP contribution in [0.2, 0.25) is 0 Å². The number of nitrogens with one attached hydrogen (secondary N) is 1. The molecular weight excluding hydrogens is 330 g/mol. The van der Waals surface area contributed by atoms with Crippen molar-refractivity contribution in [3.05, 3.63) is 20.8 Å². The fourth-order valence-electron chi connectivity index (χ4n) is 2.65. The summed E-state index contributed by atoms with van der Waals surface area (Å²) in [5, 5.41) is 7.89. The van der Waals surface area contributed by atoms with Crippen molar-refractivity contribution in [1.82, 2.24) is 5.32 Å². The molecule has 0 aromatic carbocycles. The van der Waals surface area contributed by atoms with Crippen LogP contribution in [0.25, 0.3) is 0 Å². The van der Waals surface area contributed by atoms with E-state index in [4.69, 9.17) is 0 Å². The molecule has 1 aromatic rings. The summed E-state index contributed by atoms with van der Waals surface area (Å²) >= 11 is 5.42. The summed E-state index contributed by atoms with van der Waals surface area (Å²) in [6, 6.07) is 0.514. The maximum atomic E-state index is 3.64. The molecule has 1 unspecified atom stereocenters. The van der Waals surface area contributed by atoms with E-state index in [9.17, 15) is 0 Å². The molecule has 0 aliphatic carbocycles. The highest BCUT2D eigenvalue weighted by Gasteiger charge is 2.12. The van der Waals surface area contributed by atoms with Gasteiger partial charge in [-0.3, -0.25) is 0 Å². The molecule has 1 N–H and O–H groups in total. The van der Waals surface area contributed by atoms with Crippen molar-refractivity contribution >= 4 is 27.3 Å². The lowest BCUT2D eigenvalue weighted by atomic mass is 10.0. The summed E-state index contributed by atoms with van der Waals surface area (Å²) in [7, 11) is 2.07. The average Bonchev–Trinajstić information content (AvgIpc) is 2.87. The molecule has 0 aliphatic rings. The zero-order valence-corrected chi connectivity index (χ0v) is 15.5. The molecule has 0 bridgehead atoms. The minimum atomic E-state index is 0.514. The quantitative estimate of drug-likeness (QED) is 0.409. The predicted molar refractivity (Wildman–Crippen MR) is 95.7 cm³/mol. The summed E-state index contributed by atoms with van der Waals surface area (Å²) in [6.45, 7) is 2.28. The highest BCUT2D eigenvalue weighted by molar-refractivity contribution is 9.10. The SMILES string of the molecule is CCCCCCCCCCCC(NC)c1cscc1Br. The van der Waals surface area contributed by atoms with E-state index in [1.165, 1.54) is 74.2 Å². The van der Waals surface area contributed by atoms with E-state index < -0.39 is 0 Å². The number of halogens is 1. The van der Waals surface area contributed by atoms with Crippen molar-refractivity contribution in [2.24, 2.45) is 0 Å². The fourth-order valence-corrected chi connectivity index (χ4v) is 4.28. The van der Waals surface area contributed by atoms with Crippen LogP contribution in [0.15, 0.2) is 15.2 Å². The highest BCUT2D eigenvalue weighted by Crippen LogP contribution is 2.30. The molecule has 20 heavy (non-hydrogen) atoms. The van der Waals surface area contributed by atoms with E-state index in [0.29, 0.717) is 6.04 Å². The molecule has 0 saturated heterocycles. The maximum Gasteiger partial charge on any atom is 0.0337 e. The first-order chi connectivity index (χ1) is 9.79. The number of unbranched alkanes of at least 4 members (excludes halogenated alkanes) is 8. The molecule has 1 heterocycles. The second kappa shape index (κ2) is 11.8. The number of hydrogen-bond donors (Lipinski definition) is 1. The zero-order valence-electron chi connectivity index (χ0n) is 13.1. The highest BCUT2D eigenvalue weighted by atomic mass is 79.9. The third-order valence-corrected chi connectivity index (χ3v) is 5.71. The number of rotatable bonds is 12. The third kappa shape index (κ3) is 7.24. The van der Waals surface area contributed by atoms with Gasteiger partial charge < -0.3 is 5.32 Å². The van der Waals surface area contributed by atoms with Gasteiger partial charge in [-0.25, -0.2) is 0 Å². The molecule has 0 radical (unpaired) electrons. The number of thiophene rings is 1. The minimum Gasteiger partial charge on any atom is -0.313 e. The van der Waals surface area contributed by atoms with E-state index in [-0.39, 0.29) is 0 Å². The van der Waals surface area contributed by atoms with Crippen molar-refractivity contribution in [1.29, 1.82) is 0 Å². The predicted octanol–water partition coefficient (Wildman–Crippen LogP) is 6.69. The van der Waals surface area contributed by atoms with Crippen molar-refractivity contribution in [2.45, 2.75) is 77.2 Å². The lowest BCUT2D eigenvalue weighted by Gasteiger charge is -2.15. The lowest BCUT2D eigenvalue weighted by molar-refractivity contribution is 0.493. The van der Waals surface area contributed by atoms with Crippen LogP contribution >= 0.6 is 27.3 Å². The molecule has 0 spiro atoms. The van der Waals surface area contributed by atoms with Gasteiger partial charge in [-0.15, -0.1) is 0 Å². The Morgan fingerprint density at radius 2 is 1.60 bits per heavy atom. The second-order valence-corrected chi connectivity index (χ2v) is 7.23. The van der Waals surface area contributed by atoms with Crippen LogP contribution in [-0.2, 0) is 0 Å². The lowest BCUT2D eigenvalue weighted by Crippen LogP contribution is -2.15. The first kappa shape index (κ1) is 18.2. The molecule has 1 aromatic heterocycles. The first-order valence-corrected chi connectivity index (χ1v) is 9.92. The van der Waals surface area contributed by atoms with Gasteiger partial charge in [0.15, 0.2) is 0 Å². The topological polar surface area (TPSA) is 12.0 Å². The standard InChI is InChI=1S/C17H30BrNS/c1-3-4-5-6-7-8-9-10-11-12-17(19-2)15-13-20-14-16(15)18/h13-14,17,19H,3-12H2,1-2H3. The van der Waals surface area contributed by atoms with E-state index in [1.807, 2.05) is 0 Å². The van der Waals surface area contributed by atoms with Crippen LogP contribution < -0.4 is 5.32 Å². The Hall–Kier alpha value is 0.140. The fraction of sp³-hybridized carbons (Fsp3) is 0.765. The van der Waals surface area contributed by atoms with Crippen LogP contribution in [0, 0.1) is 0 Å². The second-order valence-electron chi connectivity index (χ2n) is 5.63. The van der Waals surface area contributed by atoms with Crippen LogP contribution in [0.5, 0.6) is 0 Å². The Kier molecular flexibility index (Phi) is 10.7. The van der Waals surface area contributed by atoms with Crippen LogP contribution in [0.3, 0.4) is 0 Å². The molecule has 116 valence electrons. The van der Waals surface area contributed by atoms with Gasteiger partial charge in [-0.1, -0.05) is 64.7 Å². The molecule has 1 rings (SSSR count). The van der Waals surface area contributed by atoms with Gasteiger partial charge in [0, 0.05) is 15.9 Å². The van der Waals surface area contributed by atoms with Crippen molar-refractivity contribution in [2.75, 3.05) is 7.05 Å². The van der Waals surface area contributed by atoms with E-state index in [2.05, 4.69) is 46.0 Å². The largest absolute Gasteiger partial charge is 0.313 e. The molecule has 0 saturated carbocycles. The summed E-state index contributed by atoms with van der Waals surface area (Å²) in [5.74, 6) is 0. The normalized spacial score (nSPS) is 12.8. The molecule has 3 heteroatoms. The Morgan fingerprint density at radius 3 is 2.10 bits per heavy atom. The third-order valence-electron chi connectivity index (χ3n) is 3.96. The van der Waals surface area contributed by atoms with Crippen molar-refractivity contribution in [3.8, 4) is 0 Å². The Bertz CT molecular complexity index is 337. The van der Waals surface area contributed by atoms with Gasteiger partial charge in [-0.05, 0) is 40.3 Å². The molecule has 0 fully saturated rings. The van der Waals surface area contributed by atoms with E-state index in [0.717, 1.165) is 0 Å². The average molecular weight is 360 g/mol. The maximum absolute atomic E-state index is 3.64. The molecule has 1 nitrogen and oxygen atoms in total. The van der Waals surface area contributed by atoms with E-state index >= 15 is 0 Å². The summed E-state index contributed by atoms with van der Waals surface area (Å²) < 4.78 is 1.26. The Labute approximate surface area is 137 Å². The van der Waals surface area contributed by atoms with E-state index in [1.54, 1.807) is 11.3 Å². The molecule has 1 atom stereocenters. The van der Waals surface area contributed by atoms with Gasteiger partial charge >= 0.3 is 0 Å². The van der Waals surface area contributed by atoms with Crippen molar-refractivity contribution < 1.29 is 0 Å². The molecule has 0 aliphatic heterocycles. The van der Waals surface area contributed by atoms with Crippen LogP contribution in [0.1, 0.15) is 82.7 Å². The van der Waals surface area contributed by atoms with Crippen LogP contribution in [0.4, 0.5) is 0 Å². The van der Waals surface area contributed by atoms with Gasteiger partial charge in [-0.2, -0.15) is 11.3 Å². The Balaban J connectivity index is 2.04. The summed E-state index contributed by atoms with van der Waals surface area (Å²) in [5.41, 5.74) is 1.43. The number of hydrogen-bond acceptors (Lipinski definition) is 2. The Morgan fingerprint density at radius 1 is 1.00 bits per heavy atom. The van der Waals surface area contributed by atoms with Gasteiger partial charge in [0.05, 0.1) is 0 Å². The van der Waals surface area contributed by atoms with Gasteiger partial charge in [0.25, 0.3) is 0 Å². The summed E-state index contributed by atoms with van der Waals surface area (Å²) in [4.78, 5) is 0. The smallest absolute Gasteiger partial charge is 0.0337 e. The summed E-state index contributed by atoms with van der Waals surface area (Å²) in [6.07, 6.45) is 13.9. The van der Waals surface area contributed by atoms with Crippen molar-refractivity contribution in [3.63, 3.8) is 0 Å². The van der Waals surface area contributed by atoms with Gasteiger partial charge in [0.2, 0.25) is 0 Å².